The van der Waals surface area contributed by atoms with Crippen molar-refractivity contribution < 1.29 is 32.2 Å². The minimum atomic E-state index is -3.92. The zero-order valence-electron chi connectivity index (χ0n) is 18.5. The number of carbonyl (C=O) groups is 1. The standard InChI is InChI=1S/C23H20N4O7S/c1-13-25-20-17(3-2-4-18(20)34-13)21(28)23(29)26-9-14-11-27(12-15(14)10-26)35(30,31)16-7-19-22(24-8-16)33-6-5-32-19/h2-4,7-8,11-12,21,28H,5-6,9-10H2,1H3/t21-/m0/s1. The molecule has 0 unspecified atom stereocenters. The van der Waals surface area contributed by atoms with E-state index in [1.54, 1.807) is 25.1 Å². The number of aliphatic hydroxyl groups excluding tert-OH is 1. The Morgan fingerprint density at radius 1 is 1.14 bits per heavy atom. The second-order valence-corrected chi connectivity index (χ2v) is 10.2. The Kier molecular flexibility index (Phi) is 4.83. The number of benzene rings is 1. The van der Waals surface area contributed by atoms with Gasteiger partial charge in [-0.3, -0.25) is 4.79 Å². The number of para-hydroxylation sites is 1. The zero-order valence-corrected chi connectivity index (χ0v) is 19.4. The lowest BCUT2D eigenvalue weighted by atomic mass is 10.1. The van der Waals surface area contributed by atoms with Gasteiger partial charge in [0.05, 0.1) is 6.20 Å². The van der Waals surface area contributed by atoms with E-state index in [1.165, 1.54) is 29.6 Å². The summed E-state index contributed by atoms with van der Waals surface area (Å²) in [5.74, 6) is 0.474. The number of carbonyl (C=O) groups excluding carboxylic acids is 1. The molecule has 11 nitrogen and oxygen atoms in total. The van der Waals surface area contributed by atoms with E-state index in [-0.39, 0.29) is 29.6 Å². The predicted molar refractivity (Wildman–Crippen MR) is 120 cm³/mol. The van der Waals surface area contributed by atoms with E-state index < -0.39 is 22.0 Å². The molecular formula is C23H20N4O7S. The maximum absolute atomic E-state index is 13.2. The van der Waals surface area contributed by atoms with E-state index in [1.807, 2.05) is 0 Å². The van der Waals surface area contributed by atoms with Crippen LogP contribution in [0.1, 0.15) is 28.7 Å². The minimum absolute atomic E-state index is 0.0326. The normalized spacial score (nSPS) is 15.9. The Morgan fingerprint density at radius 3 is 2.66 bits per heavy atom. The fourth-order valence-electron chi connectivity index (χ4n) is 4.34. The first-order valence-corrected chi connectivity index (χ1v) is 12.3. The molecule has 12 heteroatoms. The minimum Gasteiger partial charge on any atom is -0.484 e. The van der Waals surface area contributed by atoms with Gasteiger partial charge in [-0.25, -0.2) is 22.4 Å². The third-order valence-electron chi connectivity index (χ3n) is 6.05. The van der Waals surface area contributed by atoms with Crippen LogP contribution in [0.3, 0.4) is 0 Å². The van der Waals surface area contributed by atoms with Crippen molar-refractivity contribution in [2.75, 3.05) is 13.2 Å². The number of aliphatic hydroxyl groups is 1. The van der Waals surface area contributed by atoms with E-state index >= 15 is 0 Å². The Balaban J connectivity index is 1.22. The summed E-state index contributed by atoms with van der Waals surface area (Å²) in [4.78, 5) is 22.8. The van der Waals surface area contributed by atoms with Gasteiger partial charge in [-0.2, -0.15) is 0 Å². The van der Waals surface area contributed by atoms with Gasteiger partial charge in [-0.05, 0) is 17.2 Å². The van der Waals surface area contributed by atoms with Gasteiger partial charge in [0, 0.05) is 44.0 Å². The smallest absolute Gasteiger partial charge is 0.269 e. The molecule has 4 aromatic rings. The number of oxazole rings is 1. The highest BCUT2D eigenvalue weighted by molar-refractivity contribution is 7.90. The molecule has 0 bridgehead atoms. The Hall–Kier alpha value is -3.90. The van der Waals surface area contributed by atoms with E-state index in [4.69, 9.17) is 13.9 Å². The van der Waals surface area contributed by atoms with Crippen molar-refractivity contribution in [1.82, 2.24) is 18.8 Å². The van der Waals surface area contributed by atoms with Crippen molar-refractivity contribution in [3.63, 3.8) is 0 Å². The fourth-order valence-corrected chi connectivity index (χ4v) is 5.56. The van der Waals surface area contributed by atoms with Crippen LogP contribution < -0.4 is 9.47 Å². The molecule has 1 atom stereocenters. The third-order valence-corrected chi connectivity index (χ3v) is 7.63. The summed E-state index contributed by atoms with van der Waals surface area (Å²) in [6, 6.07) is 6.44. The number of hydrogen-bond acceptors (Lipinski definition) is 9. The second kappa shape index (κ2) is 7.82. The molecule has 35 heavy (non-hydrogen) atoms. The van der Waals surface area contributed by atoms with Crippen molar-refractivity contribution in [1.29, 1.82) is 0 Å². The summed E-state index contributed by atoms with van der Waals surface area (Å²) >= 11 is 0. The van der Waals surface area contributed by atoms with Gasteiger partial charge in [-0.15, -0.1) is 0 Å². The molecular weight excluding hydrogens is 476 g/mol. The van der Waals surface area contributed by atoms with Gasteiger partial charge in [0.1, 0.15) is 23.6 Å². The van der Waals surface area contributed by atoms with E-state index in [2.05, 4.69) is 9.97 Å². The number of aryl methyl sites for hydroxylation is 1. The maximum Gasteiger partial charge on any atom is 0.269 e. The van der Waals surface area contributed by atoms with E-state index in [9.17, 15) is 18.3 Å². The highest BCUT2D eigenvalue weighted by atomic mass is 32.2. The maximum atomic E-state index is 13.2. The van der Waals surface area contributed by atoms with Crippen molar-refractivity contribution in [2.45, 2.75) is 31.0 Å². The molecule has 0 saturated carbocycles. The first kappa shape index (κ1) is 21.6. The number of amides is 1. The van der Waals surface area contributed by atoms with Crippen molar-refractivity contribution in [2.24, 2.45) is 0 Å². The molecule has 0 aliphatic carbocycles. The highest BCUT2D eigenvalue weighted by Gasteiger charge is 2.33. The SMILES string of the molecule is Cc1nc2c([C@H](O)C(=O)N3Cc4cn(S(=O)(=O)c5cnc6c(c5)OCCO6)cc4C3)cccc2o1. The summed E-state index contributed by atoms with van der Waals surface area (Å²) < 4.78 is 43.7. The molecule has 1 aromatic carbocycles. The number of aromatic nitrogens is 3. The Labute approximate surface area is 199 Å². The molecule has 180 valence electrons. The molecule has 3 aromatic heterocycles. The number of pyridine rings is 1. The molecule has 0 radical (unpaired) electrons. The first-order valence-electron chi connectivity index (χ1n) is 10.8. The third kappa shape index (κ3) is 3.53. The molecule has 2 aliphatic heterocycles. The lowest BCUT2D eigenvalue weighted by Gasteiger charge is -2.20. The second-order valence-electron chi connectivity index (χ2n) is 8.34. The van der Waals surface area contributed by atoms with Crippen LogP contribution in [0, 0.1) is 6.92 Å². The van der Waals surface area contributed by atoms with Crippen LogP contribution in [-0.2, 0) is 27.9 Å². The summed E-state index contributed by atoms with van der Waals surface area (Å²) in [6.07, 6.45) is 2.75. The Bertz CT molecular complexity index is 1570. The first-order chi connectivity index (χ1) is 16.8. The fraction of sp³-hybridized carbons (Fsp3) is 0.261. The molecule has 0 saturated heterocycles. The molecule has 0 fully saturated rings. The molecule has 2 aliphatic rings. The van der Waals surface area contributed by atoms with Crippen LogP contribution >= 0.6 is 0 Å². The lowest BCUT2D eigenvalue weighted by molar-refractivity contribution is -0.141. The number of nitrogens with zero attached hydrogens (tertiary/aromatic N) is 4. The van der Waals surface area contributed by atoms with Crippen LogP contribution in [0.15, 0.2) is 52.2 Å². The summed E-state index contributed by atoms with van der Waals surface area (Å²) in [6.45, 7) is 2.70. The topological polar surface area (TPSA) is 137 Å². The summed E-state index contributed by atoms with van der Waals surface area (Å²) in [5, 5.41) is 10.8. The van der Waals surface area contributed by atoms with Crippen molar-refractivity contribution >= 4 is 27.0 Å². The van der Waals surface area contributed by atoms with Crippen LogP contribution in [0.5, 0.6) is 11.6 Å². The van der Waals surface area contributed by atoms with Crippen LogP contribution in [-0.4, -0.2) is 51.5 Å². The average Bonchev–Trinajstić information content (AvgIpc) is 3.55. The van der Waals surface area contributed by atoms with Crippen LogP contribution in [0.4, 0.5) is 0 Å². The average molecular weight is 497 g/mol. The van der Waals surface area contributed by atoms with Gasteiger partial charge >= 0.3 is 0 Å². The molecule has 1 N–H and O–H groups in total. The largest absolute Gasteiger partial charge is 0.484 e. The molecule has 1 amide bonds. The van der Waals surface area contributed by atoms with Crippen molar-refractivity contribution in [3.8, 4) is 11.6 Å². The molecule has 6 rings (SSSR count). The van der Waals surface area contributed by atoms with E-state index in [0.29, 0.717) is 46.9 Å². The van der Waals surface area contributed by atoms with Gasteiger partial charge in [0.25, 0.3) is 21.8 Å². The number of fused-ring (bicyclic) bond motifs is 3. The summed E-state index contributed by atoms with van der Waals surface area (Å²) in [7, 11) is -3.92. The lowest BCUT2D eigenvalue weighted by Crippen LogP contribution is -2.31. The van der Waals surface area contributed by atoms with Crippen LogP contribution in [0.25, 0.3) is 11.1 Å². The Morgan fingerprint density at radius 2 is 1.89 bits per heavy atom. The molecule has 0 spiro atoms. The molecule has 5 heterocycles. The zero-order chi connectivity index (χ0) is 24.3. The van der Waals surface area contributed by atoms with Crippen molar-refractivity contribution in [3.05, 3.63) is 65.4 Å². The van der Waals surface area contributed by atoms with Gasteiger partial charge < -0.3 is 23.9 Å². The predicted octanol–water partition coefficient (Wildman–Crippen LogP) is 1.92. The highest BCUT2D eigenvalue weighted by Crippen LogP contribution is 2.33. The van der Waals surface area contributed by atoms with Crippen LogP contribution in [0.2, 0.25) is 0 Å². The van der Waals surface area contributed by atoms with Gasteiger partial charge in [0.2, 0.25) is 0 Å². The number of hydrogen-bond donors (Lipinski definition) is 1. The van der Waals surface area contributed by atoms with Gasteiger partial charge in [-0.1, -0.05) is 12.1 Å². The quantitative estimate of drug-likeness (QED) is 0.449. The number of ether oxygens (including phenoxy) is 2. The van der Waals surface area contributed by atoms with E-state index in [0.717, 1.165) is 3.97 Å². The monoisotopic (exact) mass is 496 g/mol. The summed E-state index contributed by atoms with van der Waals surface area (Å²) in [5.41, 5.74) is 2.64. The van der Waals surface area contributed by atoms with Gasteiger partial charge in [0.15, 0.2) is 23.3 Å². The number of rotatable bonds is 4.